The van der Waals surface area contributed by atoms with Gasteiger partial charge in [-0.25, -0.2) is 17.5 Å². The van der Waals surface area contributed by atoms with E-state index in [2.05, 4.69) is 4.98 Å². The quantitative estimate of drug-likeness (QED) is 0.852. The van der Waals surface area contributed by atoms with Crippen LogP contribution in [-0.2, 0) is 21.4 Å². The first-order valence-corrected chi connectivity index (χ1v) is 6.87. The summed E-state index contributed by atoms with van der Waals surface area (Å²) in [5.74, 6) is -1.66. The van der Waals surface area contributed by atoms with Crippen molar-refractivity contribution in [1.29, 1.82) is 0 Å². The fraction of sp³-hybridized carbons (Fsp3) is 0.364. The van der Waals surface area contributed by atoms with Gasteiger partial charge in [-0.1, -0.05) is 0 Å². The van der Waals surface area contributed by atoms with Crippen LogP contribution < -0.4 is 0 Å². The molecule has 2 heterocycles. The molecule has 2 rings (SSSR count). The van der Waals surface area contributed by atoms with Crippen molar-refractivity contribution in [1.82, 2.24) is 9.29 Å². The van der Waals surface area contributed by atoms with E-state index in [-0.39, 0.29) is 17.8 Å². The Hall–Kier alpha value is -1.96. The SMILES string of the molecule is CC1(C)C(=O)N(Cc2cc(C(=O)O)ccn2)S1(=O)=O. The Morgan fingerprint density at radius 3 is 2.63 bits per heavy atom. The smallest absolute Gasteiger partial charge is 0.335 e. The van der Waals surface area contributed by atoms with Crippen molar-refractivity contribution in [3.05, 3.63) is 29.6 Å². The van der Waals surface area contributed by atoms with Gasteiger partial charge >= 0.3 is 5.97 Å². The molecule has 1 N–H and O–H groups in total. The van der Waals surface area contributed by atoms with E-state index in [1.54, 1.807) is 0 Å². The summed E-state index contributed by atoms with van der Waals surface area (Å²) >= 11 is 0. The van der Waals surface area contributed by atoms with Crippen molar-refractivity contribution < 1.29 is 23.1 Å². The van der Waals surface area contributed by atoms with Gasteiger partial charge in [0.05, 0.1) is 17.8 Å². The van der Waals surface area contributed by atoms with Gasteiger partial charge in [-0.2, -0.15) is 0 Å². The molecule has 0 aromatic carbocycles. The molecule has 0 spiro atoms. The van der Waals surface area contributed by atoms with E-state index in [0.717, 1.165) is 0 Å². The number of rotatable bonds is 3. The molecule has 0 saturated carbocycles. The van der Waals surface area contributed by atoms with Gasteiger partial charge in [0.1, 0.15) is 0 Å². The summed E-state index contributed by atoms with van der Waals surface area (Å²) in [6.07, 6.45) is 1.26. The lowest BCUT2D eigenvalue weighted by molar-refractivity contribution is -0.132. The molecule has 1 amide bonds. The lowest BCUT2D eigenvalue weighted by atomic mass is 10.1. The summed E-state index contributed by atoms with van der Waals surface area (Å²) in [4.78, 5) is 26.4. The highest BCUT2D eigenvalue weighted by Crippen LogP contribution is 2.35. The Morgan fingerprint density at radius 1 is 1.47 bits per heavy atom. The highest BCUT2D eigenvalue weighted by molar-refractivity contribution is 7.94. The number of aromatic nitrogens is 1. The summed E-state index contributed by atoms with van der Waals surface area (Å²) < 4.78 is 23.0. The summed E-state index contributed by atoms with van der Waals surface area (Å²) in [6.45, 7) is 2.43. The Labute approximate surface area is 109 Å². The Kier molecular flexibility index (Phi) is 2.85. The Morgan fingerprint density at radius 2 is 2.11 bits per heavy atom. The van der Waals surface area contributed by atoms with Crippen LogP contribution in [0.1, 0.15) is 29.9 Å². The molecule has 0 radical (unpaired) electrons. The monoisotopic (exact) mass is 284 g/mol. The van der Waals surface area contributed by atoms with E-state index in [4.69, 9.17) is 5.11 Å². The zero-order valence-electron chi connectivity index (χ0n) is 10.3. The molecule has 1 saturated heterocycles. The van der Waals surface area contributed by atoms with Crippen molar-refractivity contribution in [3.8, 4) is 0 Å². The number of sulfonamides is 1. The predicted molar refractivity (Wildman–Crippen MR) is 64.7 cm³/mol. The minimum atomic E-state index is -3.68. The number of carboxylic acids is 1. The van der Waals surface area contributed by atoms with Crippen molar-refractivity contribution in [2.45, 2.75) is 25.1 Å². The molecule has 1 aliphatic heterocycles. The third-order valence-electron chi connectivity index (χ3n) is 3.05. The maximum atomic E-state index is 11.9. The molecular formula is C11H12N2O5S. The Bertz CT molecular complexity index is 665. The number of hydrogen-bond donors (Lipinski definition) is 1. The van der Waals surface area contributed by atoms with E-state index in [9.17, 15) is 18.0 Å². The van der Waals surface area contributed by atoms with E-state index in [0.29, 0.717) is 4.31 Å². The fourth-order valence-corrected chi connectivity index (χ4v) is 3.26. The first kappa shape index (κ1) is 13.5. The molecule has 0 unspecified atom stereocenters. The lowest BCUT2D eigenvalue weighted by Gasteiger charge is -2.42. The summed E-state index contributed by atoms with van der Waals surface area (Å²) in [7, 11) is -3.68. The molecule has 1 aliphatic rings. The topological polar surface area (TPSA) is 105 Å². The molecular weight excluding hydrogens is 272 g/mol. The number of carboxylic acid groups (broad SMARTS) is 1. The number of nitrogens with zero attached hydrogens (tertiary/aromatic N) is 2. The van der Waals surface area contributed by atoms with Gasteiger partial charge in [0, 0.05) is 6.20 Å². The number of carbonyl (C=O) groups is 2. The second kappa shape index (κ2) is 4.02. The number of carbonyl (C=O) groups excluding carboxylic acids is 1. The highest BCUT2D eigenvalue weighted by Gasteiger charge is 2.60. The van der Waals surface area contributed by atoms with E-state index >= 15 is 0 Å². The number of amides is 1. The molecule has 1 fully saturated rings. The molecule has 8 heteroatoms. The fourth-order valence-electron chi connectivity index (χ4n) is 1.76. The van der Waals surface area contributed by atoms with Crippen LogP contribution in [-0.4, -0.2) is 39.4 Å². The van der Waals surface area contributed by atoms with Crippen molar-refractivity contribution in [3.63, 3.8) is 0 Å². The number of hydrogen-bond acceptors (Lipinski definition) is 5. The van der Waals surface area contributed by atoms with Crippen LogP contribution in [0.2, 0.25) is 0 Å². The maximum Gasteiger partial charge on any atom is 0.335 e. The van der Waals surface area contributed by atoms with E-state index in [1.807, 2.05) is 0 Å². The molecule has 7 nitrogen and oxygen atoms in total. The predicted octanol–water partition coefficient (Wildman–Crippen LogP) is 0.230. The first-order valence-electron chi connectivity index (χ1n) is 5.43. The van der Waals surface area contributed by atoms with E-state index in [1.165, 1.54) is 32.2 Å². The van der Waals surface area contributed by atoms with Crippen LogP contribution >= 0.6 is 0 Å². The molecule has 1 aromatic rings. The van der Waals surface area contributed by atoms with Gasteiger partial charge in [-0.05, 0) is 26.0 Å². The van der Waals surface area contributed by atoms with Crippen LogP contribution in [0, 0.1) is 0 Å². The van der Waals surface area contributed by atoms with Gasteiger partial charge in [0.25, 0.3) is 15.9 Å². The van der Waals surface area contributed by atoms with Crippen molar-refractivity contribution >= 4 is 21.9 Å². The van der Waals surface area contributed by atoms with Crippen LogP contribution in [0.3, 0.4) is 0 Å². The maximum absolute atomic E-state index is 11.9. The van der Waals surface area contributed by atoms with Crippen LogP contribution in [0.25, 0.3) is 0 Å². The van der Waals surface area contributed by atoms with Crippen molar-refractivity contribution in [2.24, 2.45) is 0 Å². The van der Waals surface area contributed by atoms with Crippen molar-refractivity contribution in [2.75, 3.05) is 0 Å². The zero-order valence-corrected chi connectivity index (χ0v) is 11.1. The normalized spacial score (nSPS) is 19.9. The van der Waals surface area contributed by atoms with Gasteiger partial charge in [0.15, 0.2) is 4.75 Å². The molecule has 102 valence electrons. The zero-order chi connectivity index (χ0) is 14.4. The minimum absolute atomic E-state index is 0.00497. The molecule has 1 aromatic heterocycles. The van der Waals surface area contributed by atoms with Gasteiger partial charge in [-0.3, -0.25) is 9.78 Å². The summed E-state index contributed by atoms with van der Waals surface area (Å²) in [5, 5.41) is 8.83. The van der Waals surface area contributed by atoms with Gasteiger partial charge < -0.3 is 5.11 Å². The molecule has 0 aliphatic carbocycles. The van der Waals surface area contributed by atoms with Gasteiger partial charge in [-0.15, -0.1) is 0 Å². The summed E-state index contributed by atoms with van der Waals surface area (Å²) in [6, 6.07) is 2.54. The Balaban J connectivity index is 2.27. The molecule has 19 heavy (non-hydrogen) atoms. The van der Waals surface area contributed by atoms with Crippen LogP contribution in [0.15, 0.2) is 18.3 Å². The molecule has 0 atom stereocenters. The average Bonchev–Trinajstić information content (AvgIpc) is 2.35. The van der Waals surface area contributed by atoms with Crippen LogP contribution in [0.4, 0.5) is 0 Å². The highest BCUT2D eigenvalue weighted by atomic mass is 32.2. The second-order valence-corrected chi connectivity index (χ2v) is 7.08. The molecule has 0 bridgehead atoms. The third kappa shape index (κ3) is 1.88. The number of pyridine rings is 1. The summed E-state index contributed by atoms with van der Waals surface area (Å²) in [5.41, 5.74) is 0.210. The third-order valence-corrected chi connectivity index (χ3v) is 5.39. The largest absolute Gasteiger partial charge is 0.478 e. The number of aromatic carboxylic acids is 1. The first-order chi connectivity index (χ1) is 8.68. The lowest BCUT2D eigenvalue weighted by Crippen LogP contribution is -2.66. The standard InChI is InChI=1S/C11H12N2O5S/c1-11(2)10(16)13(19(11,17)18)6-8-5-7(9(14)15)3-4-12-8/h3-5H,6H2,1-2H3,(H,14,15). The second-order valence-electron chi connectivity index (χ2n) is 4.67. The average molecular weight is 284 g/mol. The van der Waals surface area contributed by atoms with Gasteiger partial charge in [0.2, 0.25) is 0 Å². The van der Waals surface area contributed by atoms with Crippen LogP contribution in [0.5, 0.6) is 0 Å². The minimum Gasteiger partial charge on any atom is -0.478 e. The van der Waals surface area contributed by atoms with E-state index < -0.39 is 26.6 Å².